The van der Waals surface area contributed by atoms with Gasteiger partial charge in [0, 0.05) is 18.8 Å². The van der Waals surface area contributed by atoms with Crippen LogP contribution in [0.5, 0.6) is 0 Å². The van der Waals surface area contributed by atoms with Gasteiger partial charge >= 0.3 is 5.97 Å². The number of carbonyl (C=O) groups excluding carboxylic acids is 1. The van der Waals surface area contributed by atoms with E-state index in [9.17, 15) is 9.59 Å². The van der Waals surface area contributed by atoms with Crippen molar-refractivity contribution in [3.05, 3.63) is 18.0 Å². The van der Waals surface area contributed by atoms with Crippen molar-refractivity contribution in [3.63, 3.8) is 0 Å². The maximum Gasteiger partial charge on any atom is 0.323 e. The zero-order valence-corrected chi connectivity index (χ0v) is 11.8. The van der Waals surface area contributed by atoms with E-state index in [1.807, 2.05) is 0 Å². The molecular formula is C13H21N3O3. The number of rotatable bonds is 6. The number of carboxylic acid groups (broad SMARTS) is 1. The lowest BCUT2D eigenvalue weighted by molar-refractivity contribution is -0.138. The fraction of sp³-hybridized carbons (Fsp3) is 0.615. The number of carbonyl (C=O) groups is 2. The highest BCUT2D eigenvalue weighted by molar-refractivity contribution is 5.95. The highest BCUT2D eigenvalue weighted by Crippen LogP contribution is 2.09. The van der Waals surface area contributed by atoms with Crippen LogP contribution in [0.1, 0.15) is 38.1 Å². The number of aliphatic carboxylic acids is 1. The Morgan fingerprint density at radius 1 is 1.37 bits per heavy atom. The van der Waals surface area contributed by atoms with Gasteiger partial charge in [-0.1, -0.05) is 13.8 Å². The molecule has 0 fully saturated rings. The normalized spacial score (nSPS) is 11.1. The first-order chi connectivity index (χ1) is 8.81. The summed E-state index contributed by atoms with van der Waals surface area (Å²) in [6.07, 6.45) is 3.15. The molecule has 1 rings (SSSR count). The number of hydrogen-bond acceptors (Lipinski definition) is 3. The van der Waals surface area contributed by atoms with Crippen molar-refractivity contribution in [3.8, 4) is 0 Å². The van der Waals surface area contributed by atoms with E-state index in [2.05, 4.69) is 18.9 Å². The predicted octanol–water partition coefficient (Wildman–Crippen LogP) is 1.47. The van der Waals surface area contributed by atoms with Crippen LogP contribution in [0.25, 0.3) is 0 Å². The molecular weight excluding hydrogens is 246 g/mol. The topological polar surface area (TPSA) is 75.4 Å². The summed E-state index contributed by atoms with van der Waals surface area (Å²) in [5.74, 6) is -0.882. The SMILES string of the molecule is CC(C)Cn1cc(C(=O)N(CC(=O)O)C(C)C)cn1. The Bertz CT molecular complexity index is 452. The lowest BCUT2D eigenvalue weighted by atomic mass is 10.2. The molecule has 6 heteroatoms. The summed E-state index contributed by atoms with van der Waals surface area (Å²) in [4.78, 5) is 24.3. The predicted molar refractivity (Wildman–Crippen MR) is 70.9 cm³/mol. The third-order valence-electron chi connectivity index (χ3n) is 2.62. The molecule has 0 saturated heterocycles. The summed E-state index contributed by atoms with van der Waals surface area (Å²) in [5.41, 5.74) is 0.426. The molecule has 0 unspecified atom stereocenters. The van der Waals surface area contributed by atoms with Gasteiger partial charge in [-0.2, -0.15) is 5.10 Å². The molecule has 19 heavy (non-hydrogen) atoms. The minimum Gasteiger partial charge on any atom is -0.480 e. The van der Waals surface area contributed by atoms with Crippen LogP contribution in [0.4, 0.5) is 0 Å². The molecule has 0 aliphatic heterocycles. The smallest absolute Gasteiger partial charge is 0.323 e. The van der Waals surface area contributed by atoms with Crippen LogP contribution in [0, 0.1) is 5.92 Å². The molecule has 0 aliphatic rings. The van der Waals surface area contributed by atoms with Crippen LogP contribution in [0.3, 0.4) is 0 Å². The van der Waals surface area contributed by atoms with E-state index in [4.69, 9.17) is 5.11 Å². The number of hydrogen-bond donors (Lipinski definition) is 1. The molecule has 0 atom stereocenters. The summed E-state index contributed by atoms with van der Waals surface area (Å²) >= 11 is 0. The van der Waals surface area contributed by atoms with E-state index in [0.717, 1.165) is 6.54 Å². The van der Waals surface area contributed by atoms with Crippen molar-refractivity contribution >= 4 is 11.9 Å². The molecule has 0 saturated carbocycles. The molecule has 0 radical (unpaired) electrons. The summed E-state index contributed by atoms with van der Waals surface area (Å²) in [5, 5.41) is 13.0. The monoisotopic (exact) mass is 267 g/mol. The van der Waals surface area contributed by atoms with Gasteiger partial charge in [-0.25, -0.2) is 0 Å². The van der Waals surface area contributed by atoms with Gasteiger partial charge in [-0.05, 0) is 19.8 Å². The fourth-order valence-electron chi connectivity index (χ4n) is 1.75. The van der Waals surface area contributed by atoms with E-state index in [1.165, 1.54) is 11.1 Å². The maximum atomic E-state index is 12.2. The third-order valence-corrected chi connectivity index (χ3v) is 2.62. The zero-order chi connectivity index (χ0) is 14.6. The van der Waals surface area contributed by atoms with Gasteiger partial charge in [-0.15, -0.1) is 0 Å². The molecule has 6 nitrogen and oxygen atoms in total. The molecule has 1 N–H and O–H groups in total. The van der Waals surface area contributed by atoms with Crippen LogP contribution < -0.4 is 0 Å². The maximum absolute atomic E-state index is 12.2. The minimum atomic E-state index is -1.02. The molecule has 0 aliphatic carbocycles. The second-order valence-electron chi connectivity index (χ2n) is 5.27. The Morgan fingerprint density at radius 2 is 2.00 bits per heavy atom. The quantitative estimate of drug-likeness (QED) is 0.847. The van der Waals surface area contributed by atoms with Crippen molar-refractivity contribution in [2.75, 3.05) is 6.54 Å². The van der Waals surface area contributed by atoms with Crippen molar-refractivity contribution < 1.29 is 14.7 Å². The number of carboxylic acids is 1. The molecule has 0 spiro atoms. The third kappa shape index (κ3) is 4.39. The van der Waals surface area contributed by atoms with E-state index >= 15 is 0 Å². The summed E-state index contributed by atoms with van der Waals surface area (Å²) in [7, 11) is 0. The minimum absolute atomic E-state index is 0.169. The average molecular weight is 267 g/mol. The first-order valence-corrected chi connectivity index (χ1v) is 6.36. The highest BCUT2D eigenvalue weighted by atomic mass is 16.4. The van der Waals surface area contributed by atoms with Gasteiger partial charge in [0.2, 0.25) is 0 Å². The molecule has 1 aromatic heterocycles. The number of aromatic nitrogens is 2. The number of amides is 1. The highest BCUT2D eigenvalue weighted by Gasteiger charge is 2.22. The number of nitrogens with zero attached hydrogens (tertiary/aromatic N) is 3. The Balaban J connectivity index is 2.84. The van der Waals surface area contributed by atoms with E-state index in [0.29, 0.717) is 11.5 Å². The standard InChI is InChI=1S/C13H21N3O3/c1-9(2)6-15-7-11(5-14-15)13(19)16(10(3)4)8-12(17)18/h5,7,9-10H,6,8H2,1-4H3,(H,17,18). The van der Waals surface area contributed by atoms with Crippen molar-refractivity contribution in [1.29, 1.82) is 0 Å². The Hall–Kier alpha value is -1.85. The van der Waals surface area contributed by atoms with Gasteiger partial charge in [0.25, 0.3) is 5.91 Å². The lowest BCUT2D eigenvalue weighted by Crippen LogP contribution is -2.40. The second-order valence-corrected chi connectivity index (χ2v) is 5.27. The largest absolute Gasteiger partial charge is 0.480 e. The average Bonchev–Trinajstić information content (AvgIpc) is 2.71. The fourth-order valence-corrected chi connectivity index (χ4v) is 1.75. The van der Waals surface area contributed by atoms with E-state index < -0.39 is 5.97 Å². The van der Waals surface area contributed by atoms with Crippen molar-refractivity contribution in [2.45, 2.75) is 40.3 Å². The van der Waals surface area contributed by atoms with Crippen LogP contribution in [-0.4, -0.2) is 44.3 Å². The summed E-state index contributed by atoms with van der Waals surface area (Å²) in [6.45, 7) is 8.14. The molecule has 1 heterocycles. The Labute approximate surface area is 113 Å². The van der Waals surface area contributed by atoms with Crippen molar-refractivity contribution in [2.24, 2.45) is 5.92 Å². The zero-order valence-electron chi connectivity index (χ0n) is 11.8. The molecule has 1 aromatic rings. The van der Waals surface area contributed by atoms with Gasteiger partial charge in [-0.3, -0.25) is 14.3 Å². The van der Waals surface area contributed by atoms with Gasteiger partial charge in [0.15, 0.2) is 0 Å². The molecule has 106 valence electrons. The van der Waals surface area contributed by atoms with Gasteiger partial charge in [0.05, 0.1) is 11.8 Å². The van der Waals surface area contributed by atoms with Crippen LogP contribution in [0.2, 0.25) is 0 Å². The van der Waals surface area contributed by atoms with Crippen LogP contribution in [0.15, 0.2) is 12.4 Å². The first kappa shape index (κ1) is 15.2. The molecule has 0 bridgehead atoms. The molecule has 1 amide bonds. The molecule has 0 aromatic carbocycles. The second kappa shape index (κ2) is 6.36. The van der Waals surface area contributed by atoms with Gasteiger partial charge in [0.1, 0.15) is 6.54 Å². The van der Waals surface area contributed by atoms with Gasteiger partial charge < -0.3 is 10.0 Å². The van der Waals surface area contributed by atoms with Crippen LogP contribution >= 0.6 is 0 Å². The lowest BCUT2D eigenvalue weighted by Gasteiger charge is -2.24. The summed E-state index contributed by atoms with van der Waals surface area (Å²) < 4.78 is 1.71. The van der Waals surface area contributed by atoms with E-state index in [1.54, 1.807) is 24.7 Å². The Morgan fingerprint density at radius 3 is 2.47 bits per heavy atom. The van der Waals surface area contributed by atoms with Crippen LogP contribution in [-0.2, 0) is 11.3 Å². The summed E-state index contributed by atoms with van der Waals surface area (Å²) in [6, 6.07) is -0.169. The van der Waals surface area contributed by atoms with E-state index in [-0.39, 0.29) is 18.5 Å². The van der Waals surface area contributed by atoms with Crippen molar-refractivity contribution in [1.82, 2.24) is 14.7 Å². The first-order valence-electron chi connectivity index (χ1n) is 6.36. The Kier molecular flexibility index (Phi) is 5.09.